The Balaban J connectivity index is 2.50. The van der Waals surface area contributed by atoms with Gasteiger partial charge in [0.25, 0.3) is 0 Å². The number of H-pyrrole nitrogens is 1. The molecule has 0 amide bonds. The lowest BCUT2D eigenvalue weighted by atomic mass is 9.94. The first-order valence-corrected chi connectivity index (χ1v) is 8.65. The Labute approximate surface area is 141 Å². The monoisotopic (exact) mass is 366 g/mol. The number of aromatic nitrogens is 1. The molecule has 21 heavy (non-hydrogen) atoms. The normalized spacial score (nSPS) is 11.1. The Bertz CT molecular complexity index is 647. The lowest BCUT2D eigenvalue weighted by Crippen LogP contribution is -2.16. The first-order chi connectivity index (χ1) is 9.97. The van der Waals surface area contributed by atoms with E-state index in [4.69, 9.17) is 0 Å². The smallest absolute Gasteiger partial charge is 0.0461 e. The maximum absolute atomic E-state index is 4.25. The van der Waals surface area contributed by atoms with E-state index in [-0.39, 0.29) is 0 Å². The van der Waals surface area contributed by atoms with Crippen LogP contribution in [0.2, 0.25) is 0 Å². The van der Waals surface area contributed by atoms with Crippen LogP contribution < -0.4 is 5.32 Å². The molecule has 1 heterocycles. The summed E-state index contributed by atoms with van der Waals surface area (Å²) in [5, 5.41) is 3.42. The van der Waals surface area contributed by atoms with Crippen molar-refractivity contribution >= 4 is 28.6 Å². The number of nitrogens with one attached hydrogen (secondary N) is 2. The van der Waals surface area contributed by atoms with Gasteiger partial charge in [0.15, 0.2) is 0 Å². The molecule has 1 aromatic carbocycles. The lowest BCUT2D eigenvalue weighted by Gasteiger charge is -2.13. The number of benzene rings is 1. The standard InChI is InChI=1S/C17H23BrN2S/c1-10-5-6-14(12(3)11(10)2)16-15(9-19-7-8-21)20-13(4)17(16)18/h5-6,19-21H,7-9H2,1-4H3. The van der Waals surface area contributed by atoms with Gasteiger partial charge in [-0.05, 0) is 65.9 Å². The second-order valence-electron chi connectivity index (χ2n) is 5.50. The molecule has 2 nitrogen and oxygen atoms in total. The SMILES string of the molecule is Cc1ccc(-c2c(CNCCS)[nH]c(C)c2Br)c(C)c1C. The maximum Gasteiger partial charge on any atom is 0.0461 e. The third-order valence-electron chi connectivity index (χ3n) is 4.11. The molecule has 2 aromatic rings. The van der Waals surface area contributed by atoms with Crippen LogP contribution in [0.5, 0.6) is 0 Å². The van der Waals surface area contributed by atoms with Gasteiger partial charge in [-0.2, -0.15) is 12.6 Å². The van der Waals surface area contributed by atoms with E-state index in [0.717, 1.165) is 23.3 Å². The highest BCUT2D eigenvalue weighted by molar-refractivity contribution is 9.10. The van der Waals surface area contributed by atoms with Gasteiger partial charge in [0.1, 0.15) is 0 Å². The summed E-state index contributed by atoms with van der Waals surface area (Å²) in [6.07, 6.45) is 0. The molecule has 0 aliphatic heterocycles. The topological polar surface area (TPSA) is 27.8 Å². The minimum absolute atomic E-state index is 0.828. The van der Waals surface area contributed by atoms with Crippen molar-refractivity contribution in [2.45, 2.75) is 34.2 Å². The number of halogens is 1. The van der Waals surface area contributed by atoms with Crippen molar-refractivity contribution in [2.75, 3.05) is 12.3 Å². The molecule has 0 fully saturated rings. The van der Waals surface area contributed by atoms with Gasteiger partial charge in [0.05, 0.1) is 0 Å². The quantitative estimate of drug-likeness (QED) is 0.519. The predicted octanol–water partition coefficient (Wildman–Crippen LogP) is 4.70. The number of aryl methyl sites for hydroxylation is 2. The molecular weight excluding hydrogens is 344 g/mol. The molecule has 1 aromatic heterocycles. The lowest BCUT2D eigenvalue weighted by molar-refractivity contribution is 0.719. The minimum Gasteiger partial charge on any atom is -0.360 e. The van der Waals surface area contributed by atoms with Crippen molar-refractivity contribution in [3.05, 3.63) is 44.7 Å². The van der Waals surface area contributed by atoms with E-state index in [9.17, 15) is 0 Å². The molecule has 0 spiro atoms. The zero-order valence-corrected chi connectivity index (χ0v) is 15.6. The zero-order valence-electron chi connectivity index (χ0n) is 13.1. The summed E-state index contributed by atoms with van der Waals surface area (Å²) in [6.45, 7) is 10.4. The van der Waals surface area contributed by atoms with Gasteiger partial charge in [-0.1, -0.05) is 12.1 Å². The fourth-order valence-corrected chi connectivity index (χ4v) is 3.31. The first-order valence-electron chi connectivity index (χ1n) is 7.23. The van der Waals surface area contributed by atoms with Crippen molar-refractivity contribution in [2.24, 2.45) is 0 Å². The Morgan fingerprint density at radius 2 is 1.86 bits per heavy atom. The van der Waals surface area contributed by atoms with Crippen LogP contribution >= 0.6 is 28.6 Å². The van der Waals surface area contributed by atoms with Crippen LogP contribution in [-0.4, -0.2) is 17.3 Å². The van der Waals surface area contributed by atoms with Crippen LogP contribution in [0.4, 0.5) is 0 Å². The van der Waals surface area contributed by atoms with Gasteiger partial charge in [-0.3, -0.25) is 0 Å². The summed E-state index contributed by atoms with van der Waals surface area (Å²) < 4.78 is 1.16. The molecule has 0 saturated carbocycles. The minimum atomic E-state index is 0.828. The van der Waals surface area contributed by atoms with E-state index in [2.05, 4.69) is 78.7 Å². The molecule has 4 heteroatoms. The van der Waals surface area contributed by atoms with Crippen LogP contribution in [0.15, 0.2) is 16.6 Å². The van der Waals surface area contributed by atoms with Crippen molar-refractivity contribution in [3.8, 4) is 11.1 Å². The van der Waals surface area contributed by atoms with E-state index in [1.54, 1.807) is 0 Å². The molecule has 114 valence electrons. The van der Waals surface area contributed by atoms with Crippen molar-refractivity contribution in [3.63, 3.8) is 0 Å². The molecular formula is C17H23BrN2S. The molecule has 0 aliphatic rings. The summed E-state index contributed by atoms with van der Waals surface area (Å²) in [7, 11) is 0. The van der Waals surface area contributed by atoms with Gasteiger partial charge >= 0.3 is 0 Å². The predicted molar refractivity (Wildman–Crippen MR) is 98.4 cm³/mol. The Morgan fingerprint density at radius 1 is 1.14 bits per heavy atom. The Kier molecular flexibility index (Phi) is 5.58. The van der Waals surface area contributed by atoms with Gasteiger partial charge in [-0.15, -0.1) is 0 Å². The van der Waals surface area contributed by atoms with E-state index < -0.39 is 0 Å². The summed E-state index contributed by atoms with van der Waals surface area (Å²) in [5.74, 6) is 0.846. The van der Waals surface area contributed by atoms with Gasteiger partial charge in [0.2, 0.25) is 0 Å². The molecule has 0 saturated heterocycles. The average molecular weight is 367 g/mol. The van der Waals surface area contributed by atoms with Crippen molar-refractivity contribution in [1.29, 1.82) is 0 Å². The van der Waals surface area contributed by atoms with Crippen LogP contribution in [-0.2, 0) is 6.54 Å². The Hall–Kier alpha value is -0.710. The third-order valence-corrected chi connectivity index (χ3v) is 5.32. The van der Waals surface area contributed by atoms with Gasteiger partial charge < -0.3 is 10.3 Å². The fraction of sp³-hybridized carbons (Fsp3) is 0.412. The number of hydrogen-bond acceptors (Lipinski definition) is 2. The Morgan fingerprint density at radius 3 is 2.52 bits per heavy atom. The number of aromatic amines is 1. The highest BCUT2D eigenvalue weighted by Crippen LogP contribution is 2.37. The summed E-state index contributed by atoms with van der Waals surface area (Å²) >= 11 is 8.00. The second kappa shape index (κ2) is 7.03. The van der Waals surface area contributed by atoms with Gasteiger partial charge in [-0.25, -0.2) is 0 Å². The van der Waals surface area contributed by atoms with Crippen LogP contribution in [0, 0.1) is 27.7 Å². The van der Waals surface area contributed by atoms with E-state index in [1.807, 2.05) is 0 Å². The fourth-order valence-electron chi connectivity index (χ4n) is 2.60. The van der Waals surface area contributed by atoms with Crippen LogP contribution in [0.1, 0.15) is 28.1 Å². The zero-order chi connectivity index (χ0) is 15.6. The molecule has 0 atom stereocenters. The number of thiol groups is 1. The summed E-state index contributed by atoms with van der Waals surface area (Å²) in [6, 6.07) is 4.44. The molecule has 0 aliphatic carbocycles. The van der Waals surface area contributed by atoms with Crippen LogP contribution in [0.3, 0.4) is 0 Å². The highest BCUT2D eigenvalue weighted by atomic mass is 79.9. The highest BCUT2D eigenvalue weighted by Gasteiger charge is 2.17. The van der Waals surface area contributed by atoms with Gasteiger partial charge in [0, 0.05) is 40.3 Å². The van der Waals surface area contributed by atoms with E-state index in [1.165, 1.54) is 39.2 Å². The van der Waals surface area contributed by atoms with E-state index in [0.29, 0.717) is 0 Å². The molecule has 2 rings (SSSR count). The van der Waals surface area contributed by atoms with Crippen molar-refractivity contribution < 1.29 is 0 Å². The third kappa shape index (κ3) is 3.38. The first kappa shape index (κ1) is 16.7. The second-order valence-corrected chi connectivity index (χ2v) is 6.74. The van der Waals surface area contributed by atoms with Crippen LogP contribution in [0.25, 0.3) is 11.1 Å². The molecule has 0 unspecified atom stereocenters. The summed E-state index contributed by atoms with van der Waals surface area (Å²) in [4.78, 5) is 3.50. The average Bonchev–Trinajstić information content (AvgIpc) is 2.73. The molecule has 0 radical (unpaired) electrons. The van der Waals surface area contributed by atoms with E-state index >= 15 is 0 Å². The molecule has 0 bridgehead atoms. The summed E-state index contributed by atoms with van der Waals surface area (Å²) in [5.41, 5.74) is 9.04. The maximum atomic E-state index is 4.25. The number of hydrogen-bond donors (Lipinski definition) is 3. The van der Waals surface area contributed by atoms with Crippen molar-refractivity contribution in [1.82, 2.24) is 10.3 Å². The largest absolute Gasteiger partial charge is 0.360 e. The molecule has 2 N–H and O–H groups in total. The number of rotatable bonds is 5.